The van der Waals surface area contributed by atoms with Crippen LogP contribution in [0.1, 0.15) is 19.4 Å². The standard InChI is InChI=1S/C21H26F3N3O4S/c1-4-27(5-2)32(29,30)18-12-10-17(11-13-18)25-20(28)15-26(3)14-16-8-6-7-9-19(16)31-21(22,23)24/h6-13H,4-5,14-15H2,1-3H3,(H,25,28). The zero-order valence-corrected chi connectivity index (χ0v) is 18.8. The molecule has 0 unspecified atom stereocenters. The number of carbonyl (C=O) groups excluding carboxylic acids is 1. The molecule has 1 amide bonds. The summed E-state index contributed by atoms with van der Waals surface area (Å²) >= 11 is 0. The third-order valence-electron chi connectivity index (χ3n) is 4.53. The van der Waals surface area contributed by atoms with Gasteiger partial charge < -0.3 is 10.1 Å². The number of benzene rings is 2. The number of para-hydroxylation sites is 1. The first kappa shape index (κ1) is 25.6. The van der Waals surface area contributed by atoms with Gasteiger partial charge in [0.15, 0.2) is 0 Å². The number of nitrogens with zero attached hydrogens (tertiary/aromatic N) is 2. The lowest BCUT2D eigenvalue weighted by atomic mass is 10.2. The van der Waals surface area contributed by atoms with Gasteiger partial charge in [-0.05, 0) is 37.4 Å². The van der Waals surface area contributed by atoms with Crippen LogP contribution in [0.4, 0.5) is 18.9 Å². The fourth-order valence-electron chi connectivity index (χ4n) is 3.07. The second-order valence-corrected chi connectivity index (χ2v) is 8.93. The highest BCUT2D eigenvalue weighted by atomic mass is 32.2. The van der Waals surface area contributed by atoms with E-state index in [2.05, 4.69) is 10.1 Å². The molecule has 0 radical (unpaired) electrons. The Labute approximate surface area is 185 Å². The summed E-state index contributed by atoms with van der Waals surface area (Å²) in [7, 11) is -2.01. The Kier molecular flexibility index (Phi) is 8.65. The SMILES string of the molecule is CCN(CC)S(=O)(=O)c1ccc(NC(=O)CN(C)Cc2ccccc2OC(F)(F)F)cc1. The van der Waals surface area contributed by atoms with E-state index in [0.29, 0.717) is 18.8 Å². The molecule has 2 aromatic rings. The first-order valence-corrected chi connectivity index (χ1v) is 11.3. The summed E-state index contributed by atoms with van der Waals surface area (Å²) in [6, 6.07) is 11.5. The molecule has 2 rings (SSSR count). The zero-order valence-electron chi connectivity index (χ0n) is 18.0. The average Bonchev–Trinajstić information content (AvgIpc) is 2.69. The van der Waals surface area contributed by atoms with Crippen LogP contribution in [-0.4, -0.2) is 56.6 Å². The number of halogens is 3. The molecule has 0 aromatic heterocycles. The molecular formula is C21H26F3N3O4S. The van der Waals surface area contributed by atoms with Gasteiger partial charge in [0.25, 0.3) is 0 Å². The quantitative estimate of drug-likeness (QED) is 0.570. The van der Waals surface area contributed by atoms with Crippen LogP contribution in [-0.2, 0) is 21.4 Å². The van der Waals surface area contributed by atoms with Gasteiger partial charge in [-0.15, -0.1) is 13.2 Å². The summed E-state index contributed by atoms with van der Waals surface area (Å²) in [6.45, 7) is 4.15. The Hall–Kier alpha value is -2.63. The maximum atomic E-state index is 12.6. The van der Waals surface area contributed by atoms with Gasteiger partial charge in [-0.2, -0.15) is 4.31 Å². The van der Waals surface area contributed by atoms with Crippen molar-refractivity contribution in [2.75, 3.05) is 32.0 Å². The number of nitrogens with one attached hydrogen (secondary N) is 1. The Morgan fingerprint density at radius 2 is 1.62 bits per heavy atom. The summed E-state index contributed by atoms with van der Waals surface area (Å²) in [5.41, 5.74) is 0.689. The molecule has 0 bridgehead atoms. The predicted octanol–water partition coefficient (Wildman–Crippen LogP) is 3.69. The smallest absolute Gasteiger partial charge is 0.405 e. The van der Waals surface area contributed by atoms with E-state index in [9.17, 15) is 26.4 Å². The Bertz CT molecular complexity index is 1010. The minimum atomic E-state index is -4.81. The number of hydrogen-bond acceptors (Lipinski definition) is 5. The van der Waals surface area contributed by atoms with Gasteiger partial charge in [-0.1, -0.05) is 32.0 Å². The number of rotatable bonds is 10. The van der Waals surface area contributed by atoms with Crippen molar-refractivity contribution >= 4 is 21.6 Å². The summed E-state index contributed by atoms with van der Waals surface area (Å²) in [5.74, 6) is -0.724. The van der Waals surface area contributed by atoms with E-state index >= 15 is 0 Å². The first-order valence-electron chi connectivity index (χ1n) is 9.88. The van der Waals surface area contributed by atoms with E-state index in [1.54, 1.807) is 27.0 Å². The summed E-state index contributed by atoms with van der Waals surface area (Å²) in [5, 5.41) is 2.65. The second-order valence-electron chi connectivity index (χ2n) is 6.99. The van der Waals surface area contributed by atoms with Gasteiger partial charge in [0, 0.05) is 30.9 Å². The highest BCUT2D eigenvalue weighted by Crippen LogP contribution is 2.27. The van der Waals surface area contributed by atoms with Gasteiger partial charge in [0.1, 0.15) is 5.75 Å². The molecule has 176 valence electrons. The van der Waals surface area contributed by atoms with E-state index in [1.165, 1.54) is 51.7 Å². The predicted molar refractivity (Wildman–Crippen MR) is 115 cm³/mol. The molecule has 0 atom stereocenters. The van der Waals surface area contributed by atoms with E-state index in [4.69, 9.17) is 0 Å². The van der Waals surface area contributed by atoms with Crippen molar-refractivity contribution in [2.24, 2.45) is 0 Å². The molecule has 0 aliphatic carbocycles. The van der Waals surface area contributed by atoms with Gasteiger partial charge in [0.05, 0.1) is 11.4 Å². The van der Waals surface area contributed by atoms with Crippen LogP contribution in [0.15, 0.2) is 53.4 Å². The molecule has 0 aliphatic heterocycles. The summed E-state index contributed by atoms with van der Waals surface area (Å²) in [6.07, 6.45) is -4.81. The van der Waals surface area contributed by atoms with Crippen molar-refractivity contribution in [1.29, 1.82) is 0 Å². The van der Waals surface area contributed by atoms with Crippen molar-refractivity contribution < 1.29 is 31.1 Å². The highest BCUT2D eigenvalue weighted by Gasteiger charge is 2.32. The molecule has 32 heavy (non-hydrogen) atoms. The van der Waals surface area contributed by atoms with Crippen LogP contribution in [0.3, 0.4) is 0 Å². The number of amides is 1. The maximum absolute atomic E-state index is 12.6. The largest absolute Gasteiger partial charge is 0.573 e. The number of anilines is 1. The number of likely N-dealkylation sites (N-methyl/N-ethyl adjacent to an activating group) is 1. The lowest BCUT2D eigenvalue weighted by molar-refractivity contribution is -0.275. The molecule has 0 heterocycles. The van der Waals surface area contributed by atoms with E-state index in [-0.39, 0.29) is 29.3 Å². The zero-order chi connectivity index (χ0) is 23.9. The van der Waals surface area contributed by atoms with Crippen molar-refractivity contribution in [1.82, 2.24) is 9.21 Å². The minimum absolute atomic E-state index is 0.0563. The van der Waals surface area contributed by atoms with Gasteiger partial charge in [-0.3, -0.25) is 9.69 Å². The lowest BCUT2D eigenvalue weighted by Crippen LogP contribution is -2.31. The lowest BCUT2D eigenvalue weighted by Gasteiger charge is -2.20. The molecule has 0 saturated carbocycles. The second kappa shape index (κ2) is 10.8. The molecule has 0 saturated heterocycles. The maximum Gasteiger partial charge on any atom is 0.573 e. The van der Waals surface area contributed by atoms with Crippen LogP contribution in [0.2, 0.25) is 0 Å². The van der Waals surface area contributed by atoms with Gasteiger partial charge in [0.2, 0.25) is 15.9 Å². The van der Waals surface area contributed by atoms with Gasteiger partial charge >= 0.3 is 6.36 Å². The fourth-order valence-corrected chi connectivity index (χ4v) is 4.53. The number of sulfonamides is 1. The Morgan fingerprint density at radius 1 is 1.03 bits per heavy atom. The van der Waals surface area contributed by atoms with Crippen LogP contribution in [0.5, 0.6) is 5.75 Å². The molecule has 0 fully saturated rings. The normalized spacial score (nSPS) is 12.2. The molecule has 2 aromatic carbocycles. The van der Waals surface area contributed by atoms with Crippen LogP contribution >= 0.6 is 0 Å². The van der Waals surface area contributed by atoms with Crippen molar-refractivity contribution in [3.8, 4) is 5.75 Å². The van der Waals surface area contributed by atoms with Crippen molar-refractivity contribution in [2.45, 2.75) is 31.7 Å². The number of alkyl halides is 3. The monoisotopic (exact) mass is 473 g/mol. The average molecular weight is 474 g/mol. The number of ether oxygens (including phenoxy) is 1. The van der Waals surface area contributed by atoms with Gasteiger partial charge in [-0.25, -0.2) is 8.42 Å². The van der Waals surface area contributed by atoms with E-state index in [1.807, 2.05) is 0 Å². The Morgan fingerprint density at radius 3 is 2.19 bits per heavy atom. The highest BCUT2D eigenvalue weighted by molar-refractivity contribution is 7.89. The van der Waals surface area contributed by atoms with Crippen LogP contribution in [0, 0.1) is 0 Å². The third-order valence-corrected chi connectivity index (χ3v) is 6.60. The number of hydrogen-bond donors (Lipinski definition) is 1. The van der Waals surface area contributed by atoms with E-state index < -0.39 is 22.3 Å². The molecule has 7 nitrogen and oxygen atoms in total. The van der Waals surface area contributed by atoms with Crippen molar-refractivity contribution in [3.63, 3.8) is 0 Å². The van der Waals surface area contributed by atoms with Crippen molar-refractivity contribution in [3.05, 3.63) is 54.1 Å². The molecule has 1 N–H and O–H groups in total. The Balaban J connectivity index is 1.99. The summed E-state index contributed by atoms with van der Waals surface area (Å²) < 4.78 is 68.1. The van der Waals surface area contributed by atoms with Crippen LogP contribution in [0.25, 0.3) is 0 Å². The minimum Gasteiger partial charge on any atom is -0.405 e. The third kappa shape index (κ3) is 7.21. The molecular weight excluding hydrogens is 447 g/mol. The number of carbonyl (C=O) groups is 1. The summed E-state index contributed by atoms with van der Waals surface area (Å²) in [4.78, 5) is 14.0. The fraction of sp³-hybridized carbons (Fsp3) is 0.381. The molecule has 0 spiro atoms. The first-order chi connectivity index (χ1) is 15.0. The van der Waals surface area contributed by atoms with E-state index in [0.717, 1.165) is 0 Å². The van der Waals surface area contributed by atoms with Crippen LogP contribution < -0.4 is 10.1 Å². The molecule has 0 aliphatic rings. The topological polar surface area (TPSA) is 79.0 Å². The molecule has 11 heteroatoms.